The first kappa shape index (κ1) is 23.7. The van der Waals surface area contributed by atoms with E-state index in [0.29, 0.717) is 62.1 Å². The van der Waals surface area contributed by atoms with Crippen LogP contribution in [0, 0.1) is 11.3 Å². The molecule has 2 aromatic rings. The highest BCUT2D eigenvalue weighted by atomic mass is 32.2. The molecule has 8 nitrogen and oxygen atoms in total. The van der Waals surface area contributed by atoms with Crippen molar-refractivity contribution in [2.75, 3.05) is 44.6 Å². The molecule has 33 heavy (non-hydrogen) atoms. The lowest BCUT2D eigenvalue weighted by molar-refractivity contribution is -0.116. The smallest absolute Gasteiger partial charge is 0.243 e. The molecule has 1 N–H and O–H groups in total. The van der Waals surface area contributed by atoms with E-state index in [4.69, 9.17) is 4.74 Å². The first-order chi connectivity index (χ1) is 15.9. The summed E-state index contributed by atoms with van der Waals surface area (Å²) in [7, 11) is -3.55. The number of nitriles is 1. The third kappa shape index (κ3) is 5.22. The summed E-state index contributed by atoms with van der Waals surface area (Å²) < 4.78 is 32.7. The van der Waals surface area contributed by atoms with Crippen LogP contribution in [0.4, 0.5) is 5.00 Å². The van der Waals surface area contributed by atoms with E-state index in [-0.39, 0.29) is 10.8 Å². The van der Waals surface area contributed by atoms with Crippen LogP contribution in [0.1, 0.15) is 35.8 Å². The average Bonchev–Trinajstić information content (AvgIpc) is 3.39. The van der Waals surface area contributed by atoms with Crippen molar-refractivity contribution in [1.82, 2.24) is 9.21 Å². The average molecular weight is 489 g/mol. The molecule has 0 radical (unpaired) electrons. The Labute approximate surface area is 198 Å². The molecule has 0 unspecified atom stereocenters. The zero-order chi connectivity index (χ0) is 23.4. The number of fused-ring (bicyclic) bond motifs is 1. The number of hydrogen-bond donors (Lipinski definition) is 1. The molecule has 1 aromatic carbocycles. The van der Waals surface area contributed by atoms with E-state index >= 15 is 0 Å². The van der Waals surface area contributed by atoms with Gasteiger partial charge in [0.25, 0.3) is 0 Å². The molecule has 4 rings (SSSR count). The van der Waals surface area contributed by atoms with Crippen molar-refractivity contribution in [3.63, 3.8) is 0 Å². The van der Waals surface area contributed by atoms with Gasteiger partial charge in [-0.2, -0.15) is 9.57 Å². The number of piperazine rings is 1. The number of hydrogen-bond acceptors (Lipinski definition) is 7. The number of nitrogens with zero attached hydrogens (tertiary/aromatic N) is 3. The minimum Gasteiger partial charge on any atom is -0.494 e. The normalized spacial score (nSPS) is 16.8. The molecule has 1 aromatic heterocycles. The minimum atomic E-state index is -3.55. The molecule has 10 heteroatoms. The Morgan fingerprint density at radius 1 is 1.18 bits per heavy atom. The van der Waals surface area contributed by atoms with Gasteiger partial charge in [-0.25, -0.2) is 8.42 Å². The quantitative estimate of drug-likeness (QED) is 0.613. The Balaban J connectivity index is 1.26. The van der Waals surface area contributed by atoms with Gasteiger partial charge in [0, 0.05) is 44.0 Å². The number of benzene rings is 1. The molecule has 2 aliphatic rings. The van der Waals surface area contributed by atoms with Crippen LogP contribution in [0.2, 0.25) is 0 Å². The predicted molar refractivity (Wildman–Crippen MR) is 127 cm³/mol. The van der Waals surface area contributed by atoms with Gasteiger partial charge < -0.3 is 15.0 Å². The number of thiophene rings is 1. The van der Waals surface area contributed by atoms with Gasteiger partial charge in [0.05, 0.1) is 17.1 Å². The van der Waals surface area contributed by atoms with Crippen molar-refractivity contribution >= 4 is 32.3 Å². The third-order valence-corrected chi connectivity index (χ3v) is 9.17. The van der Waals surface area contributed by atoms with E-state index in [1.807, 2.05) is 6.92 Å². The van der Waals surface area contributed by atoms with Crippen LogP contribution in [0.5, 0.6) is 5.75 Å². The number of ether oxygens (including phenoxy) is 1. The number of carbonyl (C=O) groups excluding carboxylic acids is 1. The zero-order valence-electron chi connectivity index (χ0n) is 18.7. The topological polar surface area (TPSA) is 103 Å². The summed E-state index contributed by atoms with van der Waals surface area (Å²) >= 11 is 1.52. The summed E-state index contributed by atoms with van der Waals surface area (Å²) in [5.74, 6) is 0.532. The van der Waals surface area contributed by atoms with Crippen molar-refractivity contribution < 1.29 is 17.9 Å². The van der Waals surface area contributed by atoms with Gasteiger partial charge in [0.1, 0.15) is 16.8 Å². The highest BCUT2D eigenvalue weighted by molar-refractivity contribution is 7.89. The fraction of sp³-hybridized carbons (Fsp3) is 0.478. The van der Waals surface area contributed by atoms with Gasteiger partial charge in [-0.05, 0) is 56.0 Å². The van der Waals surface area contributed by atoms with Crippen molar-refractivity contribution in [2.45, 2.75) is 37.5 Å². The fourth-order valence-electron chi connectivity index (χ4n) is 4.28. The summed E-state index contributed by atoms with van der Waals surface area (Å²) in [5.41, 5.74) is 1.72. The first-order valence-electron chi connectivity index (χ1n) is 11.2. The summed E-state index contributed by atoms with van der Waals surface area (Å²) in [6, 6.07) is 8.74. The van der Waals surface area contributed by atoms with Crippen LogP contribution in [0.25, 0.3) is 0 Å². The standard InChI is InChI=1S/C23H28N4O4S2/c1-2-31-17-6-8-18(9-7-17)33(29,30)27-14-12-26(13-15-27)11-10-22(28)25-23-20(16-24)19-4-3-5-21(19)32-23/h6-9H,2-5,10-15H2,1H3,(H,25,28). The summed E-state index contributed by atoms with van der Waals surface area (Å²) in [4.78, 5) is 16.1. The largest absolute Gasteiger partial charge is 0.494 e. The maximum atomic E-state index is 12.9. The molecule has 1 aliphatic carbocycles. The number of aryl methyl sites for hydroxylation is 1. The maximum absolute atomic E-state index is 12.9. The van der Waals surface area contributed by atoms with Crippen LogP contribution >= 0.6 is 11.3 Å². The van der Waals surface area contributed by atoms with E-state index in [1.54, 1.807) is 24.3 Å². The van der Waals surface area contributed by atoms with Crippen LogP contribution in [0.15, 0.2) is 29.2 Å². The number of carbonyl (C=O) groups is 1. The van der Waals surface area contributed by atoms with Crippen LogP contribution < -0.4 is 10.1 Å². The fourth-order valence-corrected chi connectivity index (χ4v) is 6.95. The summed E-state index contributed by atoms with van der Waals surface area (Å²) in [6.07, 6.45) is 3.27. The second kappa shape index (κ2) is 10.2. The van der Waals surface area contributed by atoms with E-state index in [1.165, 1.54) is 20.5 Å². The number of anilines is 1. The zero-order valence-corrected chi connectivity index (χ0v) is 20.3. The second-order valence-corrected chi connectivity index (χ2v) is 11.2. The number of amides is 1. The molecule has 1 saturated heterocycles. The van der Waals surface area contributed by atoms with Crippen molar-refractivity contribution in [3.05, 3.63) is 40.3 Å². The van der Waals surface area contributed by atoms with Gasteiger partial charge in [-0.1, -0.05) is 0 Å². The molecule has 0 bridgehead atoms. The molecule has 0 atom stereocenters. The minimum absolute atomic E-state index is 0.115. The molecule has 0 spiro atoms. The lowest BCUT2D eigenvalue weighted by Gasteiger charge is -2.33. The lowest BCUT2D eigenvalue weighted by atomic mass is 10.1. The molecule has 1 amide bonds. The Hall–Kier alpha value is -2.45. The Morgan fingerprint density at radius 3 is 2.58 bits per heavy atom. The molecule has 2 heterocycles. The molecule has 0 saturated carbocycles. The Morgan fingerprint density at radius 2 is 1.91 bits per heavy atom. The number of nitrogens with one attached hydrogen (secondary N) is 1. The first-order valence-corrected chi connectivity index (χ1v) is 13.5. The SMILES string of the molecule is CCOc1ccc(S(=O)(=O)N2CCN(CCC(=O)Nc3sc4c(c3C#N)CCC4)CC2)cc1. The maximum Gasteiger partial charge on any atom is 0.243 e. The van der Waals surface area contributed by atoms with Crippen molar-refractivity contribution in [1.29, 1.82) is 5.26 Å². The Kier molecular flexibility index (Phi) is 7.34. The van der Waals surface area contributed by atoms with Gasteiger partial charge in [0.2, 0.25) is 15.9 Å². The van der Waals surface area contributed by atoms with Gasteiger partial charge >= 0.3 is 0 Å². The molecule has 176 valence electrons. The van der Waals surface area contributed by atoms with E-state index in [2.05, 4.69) is 16.3 Å². The van der Waals surface area contributed by atoms with E-state index in [9.17, 15) is 18.5 Å². The number of sulfonamides is 1. The van der Waals surface area contributed by atoms with Crippen LogP contribution in [-0.4, -0.2) is 62.9 Å². The summed E-state index contributed by atoms with van der Waals surface area (Å²) in [5, 5.41) is 13.0. The Bertz CT molecular complexity index is 1140. The summed E-state index contributed by atoms with van der Waals surface area (Å²) in [6.45, 7) is 4.86. The van der Waals surface area contributed by atoms with E-state index < -0.39 is 10.0 Å². The molecule has 1 aliphatic heterocycles. The molecular formula is C23H28N4O4S2. The van der Waals surface area contributed by atoms with Gasteiger partial charge in [0.15, 0.2) is 0 Å². The number of rotatable bonds is 8. The molecular weight excluding hydrogens is 460 g/mol. The highest BCUT2D eigenvalue weighted by Crippen LogP contribution is 2.38. The lowest BCUT2D eigenvalue weighted by Crippen LogP contribution is -2.49. The van der Waals surface area contributed by atoms with Gasteiger partial charge in [-0.15, -0.1) is 11.3 Å². The van der Waals surface area contributed by atoms with E-state index in [0.717, 1.165) is 24.8 Å². The van der Waals surface area contributed by atoms with Crippen LogP contribution in [0.3, 0.4) is 0 Å². The predicted octanol–water partition coefficient (Wildman–Crippen LogP) is 2.84. The van der Waals surface area contributed by atoms with Crippen molar-refractivity contribution in [2.24, 2.45) is 0 Å². The second-order valence-electron chi connectivity index (χ2n) is 8.12. The monoisotopic (exact) mass is 488 g/mol. The van der Waals surface area contributed by atoms with Gasteiger partial charge in [-0.3, -0.25) is 4.79 Å². The molecule has 1 fully saturated rings. The van der Waals surface area contributed by atoms with Crippen molar-refractivity contribution in [3.8, 4) is 11.8 Å². The van der Waals surface area contributed by atoms with Crippen LogP contribution in [-0.2, 0) is 27.7 Å². The highest BCUT2D eigenvalue weighted by Gasteiger charge is 2.29. The third-order valence-electron chi connectivity index (χ3n) is 6.04.